The molecule has 5 nitrogen and oxygen atoms in total. The van der Waals surface area contributed by atoms with Crippen LogP contribution in [0.15, 0.2) is 91.0 Å². The molecule has 5 aromatic rings. The van der Waals surface area contributed by atoms with Crippen molar-refractivity contribution in [3.05, 3.63) is 120 Å². The van der Waals surface area contributed by atoms with Gasteiger partial charge < -0.3 is 9.88 Å². The maximum atomic E-state index is 14.6. The quantitative estimate of drug-likeness (QED) is 0.321. The maximum Gasteiger partial charge on any atom is 0.256 e. The summed E-state index contributed by atoms with van der Waals surface area (Å²) in [6, 6.07) is 25.1. The Labute approximate surface area is 201 Å². The first-order valence-electron chi connectivity index (χ1n) is 11.1. The molecule has 7 heteroatoms. The largest absolute Gasteiger partial charge is 0.315 e. The number of para-hydroxylation sites is 2. The van der Waals surface area contributed by atoms with Gasteiger partial charge in [0.15, 0.2) is 0 Å². The van der Waals surface area contributed by atoms with Crippen LogP contribution in [0.5, 0.6) is 0 Å². The lowest BCUT2D eigenvalue weighted by Crippen LogP contribution is -2.15. The number of nitrogens with one attached hydrogen (secondary N) is 1. The highest BCUT2D eigenvalue weighted by Crippen LogP contribution is 2.32. The lowest BCUT2D eigenvalue weighted by atomic mass is 10.2. The highest BCUT2D eigenvalue weighted by molar-refractivity contribution is 6.04. The van der Waals surface area contributed by atoms with E-state index in [9.17, 15) is 13.6 Å². The van der Waals surface area contributed by atoms with E-state index in [4.69, 9.17) is 5.10 Å². The fourth-order valence-electron chi connectivity index (χ4n) is 4.18. The number of rotatable bonds is 5. The molecule has 2 aromatic heterocycles. The van der Waals surface area contributed by atoms with Gasteiger partial charge in [-0.15, -0.1) is 0 Å². The summed E-state index contributed by atoms with van der Waals surface area (Å²) < 4.78 is 31.4. The second-order valence-electron chi connectivity index (χ2n) is 8.19. The number of hydrogen-bond donors (Lipinski definition) is 1. The number of nitrogens with zero attached hydrogens (tertiary/aromatic N) is 3. The second-order valence-corrected chi connectivity index (χ2v) is 8.19. The van der Waals surface area contributed by atoms with E-state index in [1.807, 2.05) is 54.8 Å². The number of aromatic nitrogens is 3. The molecule has 0 saturated carbocycles. The Kier molecular flexibility index (Phi) is 5.74. The first kappa shape index (κ1) is 22.3. The van der Waals surface area contributed by atoms with Gasteiger partial charge in [-0.05, 0) is 68.4 Å². The average molecular weight is 469 g/mol. The number of carbonyl (C=O) groups excluding carboxylic acids is 1. The van der Waals surface area contributed by atoms with Gasteiger partial charge in [0.1, 0.15) is 17.5 Å². The van der Waals surface area contributed by atoms with Crippen molar-refractivity contribution in [2.45, 2.75) is 13.8 Å². The second kappa shape index (κ2) is 9.02. The zero-order valence-corrected chi connectivity index (χ0v) is 19.2. The van der Waals surface area contributed by atoms with Gasteiger partial charge in [-0.3, -0.25) is 4.79 Å². The van der Waals surface area contributed by atoms with E-state index in [0.29, 0.717) is 22.8 Å². The molecule has 0 bridgehead atoms. The Morgan fingerprint density at radius 3 is 2.26 bits per heavy atom. The molecule has 0 unspecified atom stereocenters. The summed E-state index contributed by atoms with van der Waals surface area (Å²) in [5.41, 5.74) is 4.66. The monoisotopic (exact) mass is 468 g/mol. The van der Waals surface area contributed by atoms with Crippen LogP contribution < -0.4 is 5.32 Å². The Morgan fingerprint density at radius 2 is 1.54 bits per heavy atom. The first-order valence-corrected chi connectivity index (χ1v) is 11.1. The third-order valence-corrected chi connectivity index (χ3v) is 5.86. The van der Waals surface area contributed by atoms with E-state index in [-0.39, 0.29) is 11.7 Å². The molecule has 1 N–H and O–H groups in total. The van der Waals surface area contributed by atoms with Crippen molar-refractivity contribution in [3.63, 3.8) is 0 Å². The Bertz CT molecular complexity index is 1520. The van der Waals surface area contributed by atoms with E-state index in [1.165, 1.54) is 30.3 Å². The molecule has 0 radical (unpaired) electrons. The summed E-state index contributed by atoms with van der Waals surface area (Å²) in [6.45, 7) is 3.82. The number of halogens is 2. The average Bonchev–Trinajstić information content (AvgIpc) is 3.40. The van der Waals surface area contributed by atoms with E-state index in [2.05, 4.69) is 5.32 Å². The fraction of sp³-hybridized carbons (Fsp3) is 0.0714. The van der Waals surface area contributed by atoms with Crippen LogP contribution in [0, 0.1) is 25.5 Å². The van der Waals surface area contributed by atoms with Gasteiger partial charge in [-0.25, -0.2) is 13.5 Å². The van der Waals surface area contributed by atoms with Crippen molar-refractivity contribution in [2.75, 3.05) is 5.32 Å². The summed E-state index contributed by atoms with van der Waals surface area (Å²) in [4.78, 5) is 12.9. The van der Waals surface area contributed by atoms with Gasteiger partial charge >= 0.3 is 0 Å². The van der Waals surface area contributed by atoms with Crippen LogP contribution in [0.4, 0.5) is 14.6 Å². The Morgan fingerprint density at radius 1 is 0.857 bits per heavy atom. The summed E-state index contributed by atoms with van der Waals surface area (Å²) in [7, 11) is 0. The summed E-state index contributed by atoms with van der Waals surface area (Å²) in [6.07, 6.45) is 0. The fourth-order valence-corrected chi connectivity index (χ4v) is 4.18. The molecule has 0 saturated heterocycles. The molecular weight excluding hydrogens is 446 g/mol. The predicted octanol–water partition coefficient (Wildman–Crippen LogP) is 6.48. The summed E-state index contributed by atoms with van der Waals surface area (Å²) >= 11 is 0. The number of aryl methyl sites for hydroxylation is 1. The normalized spacial score (nSPS) is 11.0. The van der Waals surface area contributed by atoms with Gasteiger partial charge in [0.2, 0.25) is 0 Å². The van der Waals surface area contributed by atoms with Crippen molar-refractivity contribution in [1.29, 1.82) is 0 Å². The molecule has 0 atom stereocenters. The maximum absolute atomic E-state index is 14.6. The minimum atomic E-state index is -0.414. The number of hydrogen-bond acceptors (Lipinski definition) is 2. The van der Waals surface area contributed by atoms with Crippen LogP contribution in [0.3, 0.4) is 0 Å². The van der Waals surface area contributed by atoms with Crippen LogP contribution in [0.2, 0.25) is 0 Å². The van der Waals surface area contributed by atoms with E-state index < -0.39 is 5.82 Å². The third kappa shape index (κ3) is 4.24. The molecule has 35 heavy (non-hydrogen) atoms. The molecule has 3 aromatic carbocycles. The third-order valence-electron chi connectivity index (χ3n) is 5.86. The zero-order valence-electron chi connectivity index (χ0n) is 19.2. The smallest absolute Gasteiger partial charge is 0.256 e. The van der Waals surface area contributed by atoms with Crippen molar-refractivity contribution in [2.24, 2.45) is 0 Å². The summed E-state index contributed by atoms with van der Waals surface area (Å²) in [5, 5.41) is 7.67. The van der Waals surface area contributed by atoms with Gasteiger partial charge in [-0.2, -0.15) is 5.10 Å². The first-order chi connectivity index (χ1) is 16.9. The molecule has 0 aliphatic heterocycles. The van der Waals surface area contributed by atoms with Crippen LogP contribution in [-0.2, 0) is 0 Å². The number of anilines is 1. The highest BCUT2D eigenvalue weighted by Gasteiger charge is 2.20. The minimum Gasteiger partial charge on any atom is -0.315 e. The molecule has 2 heterocycles. The van der Waals surface area contributed by atoms with Crippen LogP contribution >= 0.6 is 0 Å². The minimum absolute atomic E-state index is 0.317. The SMILES string of the molecule is Cc1cc(-c2cc(NC(=O)c3ccc(F)cc3)n(-c3ccccc3)n2)c(C)n1-c1ccccc1F. The lowest BCUT2D eigenvalue weighted by Gasteiger charge is -2.10. The number of amides is 1. The topological polar surface area (TPSA) is 51.9 Å². The van der Waals surface area contributed by atoms with Gasteiger partial charge in [-0.1, -0.05) is 30.3 Å². The van der Waals surface area contributed by atoms with Crippen LogP contribution in [0.1, 0.15) is 21.7 Å². The molecule has 0 fully saturated rings. The molecule has 0 spiro atoms. The van der Waals surface area contributed by atoms with E-state index in [0.717, 1.165) is 22.6 Å². The molecular formula is C28H22F2N4O. The van der Waals surface area contributed by atoms with Gasteiger partial charge in [0.05, 0.1) is 17.1 Å². The van der Waals surface area contributed by atoms with Crippen molar-refractivity contribution in [3.8, 4) is 22.6 Å². The highest BCUT2D eigenvalue weighted by atomic mass is 19.1. The molecule has 0 aliphatic rings. The van der Waals surface area contributed by atoms with Crippen molar-refractivity contribution in [1.82, 2.24) is 14.3 Å². The standard InChI is InChI=1S/C28H22F2N4O/c1-18-16-23(19(2)33(18)26-11-7-6-10-24(26)30)25-17-27(34(32-25)22-8-4-3-5-9-22)31-28(35)20-12-14-21(29)15-13-20/h3-17H,1-2H3,(H,31,35). The molecule has 174 valence electrons. The Balaban J connectivity index is 1.59. The molecule has 1 amide bonds. The summed E-state index contributed by atoms with van der Waals surface area (Å²) in [5.74, 6) is -0.659. The molecule has 5 rings (SSSR count). The number of benzene rings is 3. The zero-order chi connectivity index (χ0) is 24.5. The molecule has 0 aliphatic carbocycles. The van der Waals surface area contributed by atoms with Crippen molar-refractivity contribution >= 4 is 11.7 Å². The van der Waals surface area contributed by atoms with E-state index >= 15 is 0 Å². The van der Waals surface area contributed by atoms with Crippen LogP contribution in [-0.4, -0.2) is 20.3 Å². The lowest BCUT2D eigenvalue weighted by molar-refractivity contribution is 0.102. The van der Waals surface area contributed by atoms with Gasteiger partial charge in [0, 0.05) is 28.6 Å². The van der Waals surface area contributed by atoms with Crippen molar-refractivity contribution < 1.29 is 13.6 Å². The van der Waals surface area contributed by atoms with Crippen LogP contribution in [0.25, 0.3) is 22.6 Å². The predicted molar refractivity (Wildman–Crippen MR) is 132 cm³/mol. The number of carbonyl (C=O) groups is 1. The van der Waals surface area contributed by atoms with E-state index in [1.54, 1.807) is 28.9 Å². The van der Waals surface area contributed by atoms with Gasteiger partial charge in [0.25, 0.3) is 5.91 Å². The Hall–Kier alpha value is -4.52.